The molecule has 96 valence electrons. The van der Waals surface area contributed by atoms with E-state index in [1.807, 2.05) is 17.5 Å². The number of nitrogens with two attached hydrogens (primary N) is 1. The van der Waals surface area contributed by atoms with Crippen LogP contribution < -0.4 is 10.6 Å². The lowest BCUT2D eigenvalue weighted by Crippen LogP contribution is -2.00. The Morgan fingerprint density at radius 1 is 1.17 bits per heavy atom. The second-order valence-corrected chi connectivity index (χ2v) is 5.10. The molecule has 0 saturated heterocycles. The zero-order chi connectivity index (χ0) is 13.0. The van der Waals surface area contributed by atoms with Crippen molar-refractivity contribution in [1.82, 2.24) is 4.98 Å². The van der Waals surface area contributed by atoms with Gasteiger partial charge in [0.05, 0.1) is 5.69 Å². The summed E-state index contributed by atoms with van der Waals surface area (Å²) in [5.41, 5.74) is 3.23. The maximum absolute atomic E-state index is 5.72. The summed E-state index contributed by atoms with van der Waals surface area (Å²) >= 11 is 1.55. The highest BCUT2D eigenvalue weighted by atomic mass is 32.1. The summed E-state index contributed by atoms with van der Waals surface area (Å²) in [4.78, 5) is 8.89. The van der Waals surface area contributed by atoms with Gasteiger partial charge in [-0.1, -0.05) is 6.07 Å². The van der Waals surface area contributed by atoms with Gasteiger partial charge in [0, 0.05) is 5.38 Å². The third-order valence-corrected chi connectivity index (χ3v) is 3.26. The molecule has 0 aliphatic rings. The van der Waals surface area contributed by atoms with E-state index in [-0.39, 0.29) is 0 Å². The van der Waals surface area contributed by atoms with E-state index in [4.69, 9.17) is 10.6 Å². The maximum atomic E-state index is 5.72. The molecule has 2 aromatic rings. The Bertz CT molecular complexity index is 505. The van der Waals surface area contributed by atoms with Crippen molar-refractivity contribution in [1.29, 1.82) is 0 Å². The van der Waals surface area contributed by atoms with Crippen LogP contribution in [0.4, 0.5) is 0 Å². The molecule has 18 heavy (non-hydrogen) atoms. The van der Waals surface area contributed by atoms with E-state index in [0.29, 0.717) is 13.2 Å². The lowest BCUT2D eigenvalue weighted by molar-refractivity contribution is 0.121. The van der Waals surface area contributed by atoms with Gasteiger partial charge in [-0.3, -0.25) is 4.84 Å². The molecule has 0 saturated carbocycles. The van der Waals surface area contributed by atoms with Gasteiger partial charge in [-0.25, -0.2) is 10.9 Å². The molecule has 2 rings (SSSR count). The van der Waals surface area contributed by atoms with E-state index >= 15 is 0 Å². The van der Waals surface area contributed by atoms with Crippen molar-refractivity contribution in [2.45, 2.75) is 27.1 Å². The second kappa shape index (κ2) is 5.95. The average Bonchev–Trinajstić information content (AvgIpc) is 2.74. The molecule has 4 nitrogen and oxygen atoms in total. The maximum Gasteiger partial charge on any atom is 0.140 e. The number of thiazole rings is 1. The van der Waals surface area contributed by atoms with Crippen LogP contribution in [0.2, 0.25) is 0 Å². The zero-order valence-corrected chi connectivity index (χ0v) is 11.3. The molecule has 0 spiro atoms. The van der Waals surface area contributed by atoms with E-state index in [0.717, 1.165) is 16.5 Å². The van der Waals surface area contributed by atoms with Gasteiger partial charge < -0.3 is 4.74 Å². The Kier molecular flexibility index (Phi) is 4.30. The summed E-state index contributed by atoms with van der Waals surface area (Å²) in [6.07, 6.45) is 0. The fraction of sp³-hybridized carbons (Fsp3) is 0.308. The molecular weight excluding hydrogens is 248 g/mol. The molecule has 0 radical (unpaired) electrons. The Balaban J connectivity index is 1.97. The average molecular weight is 264 g/mol. The zero-order valence-electron chi connectivity index (χ0n) is 10.5. The second-order valence-electron chi connectivity index (χ2n) is 4.16. The van der Waals surface area contributed by atoms with Crippen LogP contribution in [0.5, 0.6) is 5.75 Å². The smallest absolute Gasteiger partial charge is 0.140 e. The van der Waals surface area contributed by atoms with Gasteiger partial charge in [0.15, 0.2) is 0 Å². The van der Waals surface area contributed by atoms with Gasteiger partial charge in [0.2, 0.25) is 0 Å². The van der Waals surface area contributed by atoms with Crippen LogP contribution in [0.15, 0.2) is 23.6 Å². The van der Waals surface area contributed by atoms with Gasteiger partial charge in [-0.05, 0) is 37.1 Å². The first kappa shape index (κ1) is 13.0. The quantitative estimate of drug-likeness (QED) is 0.844. The molecule has 1 aromatic heterocycles. The van der Waals surface area contributed by atoms with E-state index in [2.05, 4.69) is 29.7 Å². The normalized spacial score (nSPS) is 10.6. The number of nitrogens with zero attached hydrogens (tertiary/aromatic N) is 1. The van der Waals surface area contributed by atoms with Gasteiger partial charge >= 0.3 is 0 Å². The highest BCUT2D eigenvalue weighted by molar-refractivity contribution is 7.09. The summed E-state index contributed by atoms with van der Waals surface area (Å²) in [5, 5.41) is 2.84. The topological polar surface area (TPSA) is 57.4 Å². The predicted octanol–water partition coefficient (Wildman–Crippen LogP) is 2.73. The summed E-state index contributed by atoms with van der Waals surface area (Å²) < 4.78 is 5.72. The molecule has 0 fully saturated rings. The van der Waals surface area contributed by atoms with Crippen LogP contribution in [0.25, 0.3) is 0 Å². The van der Waals surface area contributed by atoms with E-state index in [1.54, 1.807) is 11.3 Å². The van der Waals surface area contributed by atoms with Crippen molar-refractivity contribution in [3.8, 4) is 5.75 Å². The van der Waals surface area contributed by atoms with Crippen molar-refractivity contribution in [3.63, 3.8) is 0 Å². The first-order valence-corrected chi connectivity index (χ1v) is 6.51. The Morgan fingerprint density at radius 2 is 1.89 bits per heavy atom. The Labute approximate surface area is 110 Å². The van der Waals surface area contributed by atoms with Crippen molar-refractivity contribution < 1.29 is 9.57 Å². The van der Waals surface area contributed by atoms with E-state index in [9.17, 15) is 0 Å². The predicted molar refractivity (Wildman–Crippen MR) is 71.3 cm³/mol. The van der Waals surface area contributed by atoms with Gasteiger partial charge in [0.1, 0.15) is 24.0 Å². The highest BCUT2D eigenvalue weighted by Gasteiger charge is 2.03. The third-order valence-electron chi connectivity index (χ3n) is 2.39. The van der Waals surface area contributed by atoms with Crippen molar-refractivity contribution in [2.24, 2.45) is 5.90 Å². The molecule has 0 unspecified atom stereocenters. The summed E-state index contributed by atoms with van der Waals surface area (Å²) in [5.74, 6) is 5.88. The van der Waals surface area contributed by atoms with Crippen molar-refractivity contribution in [3.05, 3.63) is 45.4 Å². The minimum Gasteiger partial charge on any atom is -0.486 e. The van der Waals surface area contributed by atoms with Crippen LogP contribution in [-0.4, -0.2) is 4.98 Å². The molecule has 5 heteroatoms. The lowest BCUT2D eigenvalue weighted by atomic mass is 10.1. The molecule has 0 aliphatic heterocycles. The van der Waals surface area contributed by atoms with Crippen LogP contribution in [0.3, 0.4) is 0 Å². The molecule has 0 aliphatic carbocycles. The molecule has 0 amide bonds. The fourth-order valence-corrected chi connectivity index (χ4v) is 2.42. The van der Waals surface area contributed by atoms with Crippen LogP contribution >= 0.6 is 11.3 Å². The molecule has 0 bridgehead atoms. The lowest BCUT2D eigenvalue weighted by Gasteiger charge is -2.06. The number of aryl methyl sites for hydroxylation is 2. The fourth-order valence-electron chi connectivity index (χ4n) is 1.73. The largest absolute Gasteiger partial charge is 0.486 e. The van der Waals surface area contributed by atoms with Crippen molar-refractivity contribution >= 4 is 11.3 Å². The van der Waals surface area contributed by atoms with Gasteiger partial charge in [-0.2, -0.15) is 0 Å². The Hall–Kier alpha value is -1.43. The minimum atomic E-state index is 0.333. The number of ether oxygens (including phenoxy) is 1. The minimum absolute atomic E-state index is 0.333. The Morgan fingerprint density at radius 3 is 2.56 bits per heavy atom. The number of hydrogen-bond acceptors (Lipinski definition) is 5. The third kappa shape index (κ3) is 3.53. The molecule has 0 atom stereocenters. The monoisotopic (exact) mass is 264 g/mol. The van der Waals surface area contributed by atoms with Gasteiger partial charge in [0.25, 0.3) is 0 Å². The number of rotatable bonds is 5. The number of benzene rings is 1. The van der Waals surface area contributed by atoms with Crippen LogP contribution in [0.1, 0.15) is 21.8 Å². The summed E-state index contributed by atoms with van der Waals surface area (Å²) in [6.45, 7) is 4.91. The van der Waals surface area contributed by atoms with Crippen molar-refractivity contribution in [2.75, 3.05) is 0 Å². The molecule has 2 N–H and O–H groups in total. The summed E-state index contributed by atoms with van der Waals surface area (Å²) in [6, 6.07) is 6.15. The van der Waals surface area contributed by atoms with E-state index in [1.165, 1.54) is 11.1 Å². The first-order valence-electron chi connectivity index (χ1n) is 5.63. The summed E-state index contributed by atoms with van der Waals surface area (Å²) in [7, 11) is 0. The first-order chi connectivity index (χ1) is 8.67. The number of hydrogen-bond donors (Lipinski definition) is 1. The van der Waals surface area contributed by atoms with Gasteiger partial charge in [-0.15, -0.1) is 11.3 Å². The van der Waals surface area contributed by atoms with E-state index < -0.39 is 0 Å². The SMILES string of the molecule is Cc1cc(C)cc(OCc2nc(CON)cs2)c1. The molecular formula is C13H16N2O2S. The standard InChI is InChI=1S/C13H16N2O2S/c1-9-3-10(2)5-12(4-9)16-7-13-15-11(6-17-14)8-18-13/h3-5,8H,6-7,14H2,1-2H3. The van der Waals surface area contributed by atoms with Crippen LogP contribution in [0, 0.1) is 13.8 Å². The molecule has 1 heterocycles. The number of aromatic nitrogens is 1. The van der Waals surface area contributed by atoms with Crippen LogP contribution in [-0.2, 0) is 18.1 Å². The highest BCUT2D eigenvalue weighted by Crippen LogP contribution is 2.19. The molecule has 1 aromatic carbocycles.